The van der Waals surface area contributed by atoms with E-state index in [1.807, 2.05) is 0 Å². The molecule has 4 aromatic rings. The zero-order chi connectivity index (χ0) is 22.5. The van der Waals surface area contributed by atoms with Crippen molar-refractivity contribution in [2.24, 2.45) is 0 Å². The fourth-order valence-corrected chi connectivity index (χ4v) is 3.16. The van der Waals surface area contributed by atoms with Crippen LogP contribution < -0.4 is 5.32 Å². The van der Waals surface area contributed by atoms with Crippen molar-refractivity contribution >= 4 is 17.6 Å². The summed E-state index contributed by atoms with van der Waals surface area (Å²) in [6.07, 6.45) is 3.09. The highest BCUT2D eigenvalue weighted by atomic mass is 19.1. The normalized spacial score (nSPS) is 10.6. The van der Waals surface area contributed by atoms with Gasteiger partial charge in [0.25, 0.3) is 5.91 Å². The number of halogens is 1. The molecule has 2 heterocycles. The molecular weight excluding hydrogens is 413 g/mol. The van der Waals surface area contributed by atoms with Gasteiger partial charge in [0.05, 0.1) is 17.9 Å². The molecule has 0 aliphatic heterocycles. The molecule has 0 fully saturated rings. The first-order valence-corrected chi connectivity index (χ1v) is 9.78. The summed E-state index contributed by atoms with van der Waals surface area (Å²) in [5, 5.41) is 10.7. The van der Waals surface area contributed by atoms with E-state index in [0.29, 0.717) is 5.56 Å². The van der Waals surface area contributed by atoms with E-state index in [1.165, 1.54) is 16.8 Å². The molecule has 8 nitrogen and oxygen atoms in total. The quantitative estimate of drug-likeness (QED) is 0.465. The second-order valence-corrected chi connectivity index (χ2v) is 6.61. The van der Waals surface area contributed by atoms with E-state index >= 15 is 0 Å². The zero-order valence-electron chi connectivity index (χ0n) is 17.0. The van der Waals surface area contributed by atoms with Crippen LogP contribution in [0.1, 0.15) is 27.8 Å². The van der Waals surface area contributed by atoms with Gasteiger partial charge in [-0.15, -0.1) is 5.10 Å². The lowest BCUT2D eigenvalue weighted by atomic mass is 10.1. The maximum Gasteiger partial charge on any atom is 0.340 e. The predicted octanol–water partition coefficient (Wildman–Crippen LogP) is 3.90. The number of benzene rings is 2. The molecule has 0 atom stereocenters. The van der Waals surface area contributed by atoms with Gasteiger partial charge in [-0.25, -0.2) is 13.9 Å². The second kappa shape index (κ2) is 9.17. The number of esters is 1. The Morgan fingerprint density at radius 2 is 1.75 bits per heavy atom. The highest BCUT2D eigenvalue weighted by Crippen LogP contribution is 2.27. The van der Waals surface area contributed by atoms with Gasteiger partial charge in [0.15, 0.2) is 5.69 Å². The minimum atomic E-state index is -0.615. The lowest BCUT2D eigenvalue weighted by molar-refractivity contribution is 0.0527. The van der Waals surface area contributed by atoms with E-state index in [2.05, 4.69) is 20.6 Å². The van der Waals surface area contributed by atoms with Crippen molar-refractivity contribution < 1.29 is 18.7 Å². The molecule has 0 saturated heterocycles. The van der Waals surface area contributed by atoms with E-state index in [1.54, 1.807) is 67.8 Å². The van der Waals surface area contributed by atoms with Crippen LogP contribution in [0.15, 0.2) is 73.1 Å². The van der Waals surface area contributed by atoms with Crippen molar-refractivity contribution in [2.75, 3.05) is 11.9 Å². The van der Waals surface area contributed by atoms with Gasteiger partial charge in [-0.1, -0.05) is 29.5 Å². The van der Waals surface area contributed by atoms with Crippen LogP contribution in [0, 0.1) is 5.82 Å². The van der Waals surface area contributed by atoms with Gasteiger partial charge in [0.2, 0.25) is 0 Å². The number of pyridine rings is 1. The van der Waals surface area contributed by atoms with Crippen LogP contribution in [0.25, 0.3) is 16.9 Å². The largest absolute Gasteiger partial charge is 0.462 e. The lowest BCUT2D eigenvalue weighted by Crippen LogP contribution is -2.17. The fraction of sp³-hybridized carbons (Fsp3) is 0.0870. The van der Waals surface area contributed by atoms with Crippen LogP contribution in [-0.4, -0.2) is 38.5 Å². The van der Waals surface area contributed by atoms with Gasteiger partial charge in [-0.3, -0.25) is 9.78 Å². The van der Waals surface area contributed by atoms with Crippen molar-refractivity contribution in [2.45, 2.75) is 6.92 Å². The van der Waals surface area contributed by atoms with Gasteiger partial charge in [0.1, 0.15) is 17.2 Å². The van der Waals surface area contributed by atoms with E-state index in [0.717, 1.165) is 0 Å². The average Bonchev–Trinajstić information content (AvgIpc) is 3.25. The summed E-state index contributed by atoms with van der Waals surface area (Å²) in [6, 6.07) is 15.9. The highest BCUT2D eigenvalue weighted by molar-refractivity contribution is 6.09. The number of hydrogen-bond acceptors (Lipinski definition) is 6. The number of anilines is 1. The van der Waals surface area contributed by atoms with Gasteiger partial charge < -0.3 is 10.1 Å². The van der Waals surface area contributed by atoms with Crippen LogP contribution in [0.2, 0.25) is 0 Å². The summed E-state index contributed by atoms with van der Waals surface area (Å²) in [6.45, 7) is 1.89. The van der Waals surface area contributed by atoms with Gasteiger partial charge >= 0.3 is 5.97 Å². The number of amides is 1. The van der Waals surface area contributed by atoms with Crippen LogP contribution in [0.4, 0.5) is 10.1 Å². The average molecular weight is 431 g/mol. The molecule has 0 aliphatic rings. The monoisotopic (exact) mass is 431 g/mol. The molecule has 0 saturated carbocycles. The zero-order valence-corrected chi connectivity index (χ0v) is 17.0. The van der Waals surface area contributed by atoms with Gasteiger partial charge in [0, 0.05) is 18.0 Å². The molecule has 0 aliphatic carbocycles. The number of nitrogens with one attached hydrogen (secondary N) is 1. The minimum Gasteiger partial charge on any atom is -0.462 e. The molecule has 2 aromatic heterocycles. The number of ether oxygens (including phenoxy) is 1. The van der Waals surface area contributed by atoms with Crippen LogP contribution in [0.5, 0.6) is 0 Å². The first kappa shape index (κ1) is 20.9. The van der Waals surface area contributed by atoms with E-state index in [4.69, 9.17) is 4.74 Å². The maximum atomic E-state index is 14.5. The molecule has 1 amide bonds. The van der Waals surface area contributed by atoms with Gasteiger partial charge in [-0.2, -0.15) is 0 Å². The van der Waals surface area contributed by atoms with Crippen molar-refractivity contribution in [3.63, 3.8) is 0 Å². The minimum absolute atomic E-state index is 0.0434. The summed E-state index contributed by atoms with van der Waals surface area (Å²) in [7, 11) is 0. The topological polar surface area (TPSA) is 99.0 Å². The summed E-state index contributed by atoms with van der Waals surface area (Å²) in [4.78, 5) is 29.4. The molecule has 0 unspecified atom stereocenters. The first-order chi connectivity index (χ1) is 15.6. The highest BCUT2D eigenvalue weighted by Gasteiger charge is 2.24. The molecule has 32 heavy (non-hydrogen) atoms. The summed E-state index contributed by atoms with van der Waals surface area (Å²) in [5.74, 6) is -1.70. The molecule has 0 bridgehead atoms. The number of rotatable bonds is 6. The maximum absolute atomic E-state index is 14.5. The SMILES string of the molecule is CCOC(=O)c1ccccc1NC(=O)c1nnn(-c2ccccc2F)c1-c1ccncc1. The Kier molecular flexibility index (Phi) is 5.98. The Labute approximate surface area is 182 Å². The van der Waals surface area contributed by atoms with Crippen molar-refractivity contribution in [1.29, 1.82) is 0 Å². The molecular formula is C23H18FN5O3. The number of carbonyl (C=O) groups excluding carboxylic acids is 2. The number of para-hydroxylation sites is 2. The standard InChI is InChI=1S/C23H18FN5O3/c1-2-32-23(31)16-7-3-5-9-18(16)26-22(30)20-21(15-11-13-25-14-12-15)29(28-27-20)19-10-6-4-8-17(19)24/h3-14H,2H2,1H3,(H,26,30). The van der Waals surface area contributed by atoms with Crippen molar-refractivity contribution in [1.82, 2.24) is 20.0 Å². The van der Waals surface area contributed by atoms with Crippen LogP contribution >= 0.6 is 0 Å². The predicted molar refractivity (Wildman–Crippen MR) is 115 cm³/mol. The Hall–Kier alpha value is -4.40. The Balaban J connectivity index is 1.78. The Morgan fingerprint density at radius 3 is 2.50 bits per heavy atom. The van der Waals surface area contributed by atoms with E-state index < -0.39 is 17.7 Å². The fourth-order valence-electron chi connectivity index (χ4n) is 3.16. The summed E-state index contributed by atoms with van der Waals surface area (Å²) in [5.41, 5.74) is 1.41. The molecule has 4 rings (SSSR count). The molecule has 2 aromatic carbocycles. The van der Waals surface area contributed by atoms with Crippen molar-refractivity contribution in [3.8, 4) is 16.9 Å². The second-order valence-electron chi connectivity index (χ2n) is 6.61. The molecule has 160 valence electrons. The number of nitrogens with zero attached hydrogens (tertiary/aromatic N) is 4. The Bertz CT molecular complexity index is 1270. The summed E-state index contributed by atoms with van der Waals surface area (Å²) >= 11 is 0. The van der Waals surface area contributed by atoms with Crippen LogP contribution in [-0.2, 0) is 4.74 Å². The smallest absolute Gasteiger partial charge is 0.340 e. The molecule has 1 N–H and O–H groups in total. The lowest BCUT2D eigenvalue weighted by Gasteiger charge is -2.11. The third kappa shape index (κ3) is 4.08. The van der Waals surface area contributed by atoms with Crippen molar-refractivity contribution in [3.05, 3.63) is 90.1 Å². The summed E-state index contributed by atoms with van der Waals surface area (Å²) < 4.78 is 20.8. The number of hydrogen-bond donors (Lipinski definition) is 1. The molecule has 9 heteroatoms. The first-order valence-electron chi connectivity index (χ1n) is 9.78. The van der Waals surface area contributed by atoms with E-state index in [-0.39, 0.29) is 34.9 Å². The Morgan fingerprint density at radius 1 is 1.03 bits per heavy atom. The third-order valence-corrected chi connectivity index (χ3v) is 4.59. The van der Waals surface area contributed by atoms with E-state index in [9.17, 15) is 14.0 Å². The third-order valence-electron chi connectivity index (χ3n) is 4.59. The van der Waals surface area contributed by atoms with Crippen LogP contribution in [0.3, 0.4) is 0 Å². The number of aromatic nitrogens is 4. The molecule has 0 radical (unpaired) electrons. The molecule has 0 spiro atoms. The number of carbonyl (C=O) groups is 2. The van der Waals surface area contributed by atoms with Gasteiger partial charge in [-0.05, 0) is 43.3 Å².